The van der Waals surface area contributed by atoms with Gasteiger partial charge in [-0.05, 0) is 43.2 Å². The van der Waals surface area contributed by atoms with E-state index in [4.69, 9.17) is 19.6 Å². The maximum absolute atomic E-state index is 13.2. The zero-order chi connectivity index (χ0) is 22.1. The van der Waals surface area contributed by atoms with Gasteiger partial charge in [-0.1, -0.05) is 37.3 Å². The first kappa shape index (κ1) is 22.8. The van der Waals surface area contributed by atoms with Gasteiger partial charge in [0, 0.05) is 31.6 Å². The average molecular weight is 426 g/mol. The molecule has 0 fully saturated rings. The van der Waals surface area contributed by atoms with E-state index in [9.17, 15) is 4.79 Å². The van der Waals surface area contributed by atoms with Crippen LogP contribution in [0.1, 0.15) is 37.8 Å². The Hall–Kier alpha value is -2.90. The van der Waals surface area contributed by atoms with Crippen molar-refractivity contribution >= 4 is 11.8 Å². The summed E-state index contributed by atoms with van der Waals surface area (Å²) in [5.41, 5.74) is 6.50. The van der Waals surface area contributed by atoms with Crippen molar-refractivity contribution in [2.45, 2.75) is 44.8 Å². The van der Waals surface area contributed by atoms with E-state index in [1.165, 1.54) is 0 Å². The van der Waals surface area contributed by atoms with Gasteiger partial charge in [0.2, 0.25) is 5.90 Å². The summed E-state index contributed by atoms with van der Waals surface area (Å²) in [4.78, 5) is 18.1. The summed E-state index contributed by atoms with van der Waals surface area (Å²) in [6.07, 6.45) is 1.48. The third-order valence-corrected chi connectivity index (χ3v) is 5.22. The van der Waals surface area contributed by atoms with Gasteiger partial charge in [0.15, 0.2) is 5.54 Å². The standard InChI is InChI=1S/C24H31N3O4/c1-3-14-25-27-23(29)24(17-19-8-5-4-6-9-19)18(2)31-22(26-24)20-10-12-21(13-11-20)30-16-7-15-28/h4-6,8-13,18,25,28H,3,7,14-17H2,1-2H3,(H,27,29)/t18-,24-/m0/s1. The van der Waals surface area contributed by atoms with E-state index in [0.29, 0.717) is 37.6 Å². The Labute approximate surface area is 183 Å². The molecule has 7 heteroatoms. The molecule has 0 saturated heterocycles. The van der Waals surface area contributed by atoms with Crippen LogP contribution in [0.5, 0.6) is 5.75 Å². The van der Waals surface area contributed by atoms with E-state index in [0.717, 1.165) is 17.5 Å². The number of aliphatic hydroxyl groups excluding tert-OH is 1. The summed E-state index contributed by atoms with van der Waals surface area (Å²) in [6, 6.07) is 17.3. The van der Waals surface area contributed by atoms with Crippen molar-refractivity contribution in [3.63, 3.8) is 0 Å². The predicted molar refractivity (Wildman–Crippen MR) is 120 cm³/mol. The molecular formula is C24H31N3O4. The minimum Gasteiger partial charge on any atom is -0.494 e. The molecule has 1 aliphatic heterocycles. The van der Waals surface area contributed by atoms with E-state index in [1.54, 1.807) is 0 Å². The molecule has 0 saturated carbocycles. The molecule has 2 atom stereocenters. The highest BCUT2D eigenvalue weighted by Crippen LogP contribution is 2.32. The first-order chi connectivity index (χ1) is 15.1. The number of hydrazine groups is 1. The molecule has 0 bridgehead atoms. The molecule has 2 aromatic rings. The van der Waals surface area contributed by atoms with Gasteiger partial charge in [0.05, 0.1) is 6.61 Å². The van der Waals surface area contributed by atoms with Crippen molar-refractivity contribution in [2.24, 2.45) is 4.99 Å². The molecule has 2 aromatic carbocycles. The Kier molecular flexibility index (Phi) is 8.03. The lowest BCUT2D eigenvalue weighted by Gasteiger charge is -2.28. The van der Waals surface area contributed by atoms with Crippen molar-refractivity contribution < 1.29 is 19.4 Å². The number of rotatable bonds is 11. The number of hydrogen-bond acceptors (Lipinski definition) is 6. The highest BCUT2D eigenvalue weighted by Gasteiger charge is 2.50. The summed E-state index contributed by atoms with van der Waals surface area (Å²) >= 11 is 0. The van der Waals surface area contributed by atoms with Crippen molar-refractivity contribution in [1.29, 1.82) is 0 Å². The minimum absolute atomic E-state index is 0.0965. The third kappa shape index (κ3) is 5.62. The maximum Gasteiger partial charge on any atom is 0.266 e. The first-order valence-corrected chi connectivity index (χ1v) is 10.8. The fraction of sp³-hybridized carbons (Fsp3) is 0.417. The van der Waals surface area contributed by atoms with Crippen LogP contribution < -0.4 is 15.6 Å². The number of nitrogens with zero attached hydrogens (tertiary/aromatic N) is 1. The van der Waals surface area contributed by atoms with Gasteiger partial charge in [0.1, 0.15) is 11.9 Å². The second-order valence-corrected chi connectivity index (χ2v) is 7.59. The predicted octanol–water partition coefficient (Wildman–Crippen LogP) is 2.63. The molecule has 3 rings (SSSR count). The quantitative estimate of drug-likeness (QED) is 0.380. The number of ether oxygens (including phenoxy) is 2. The molecule has 0 aromatic heterocycles. The molecule has 1 heterocycles. The lowest BCUT2D eigenvalue weighted by atomic mass is 9.86. The molecule has 7 nitrogen and oxygen atoms in total. The van der Waals surface area contributed by atoms with Gasteiger partial charge in [-0.25, -0.2) is 10.4 Å². The largest absolute Gasteiger partial charge is 0.494 e. The fourth-order valence-electron chi connectivity index (χ4n) is 3.43. The number of aliphatic hydroxyl groups is 1. The lowest BCUT2D eigenvalue weighted by molar-refractivity contribution is -0.129. The summed E-state index contributed by atoms with van der Waals surface area (Å²) in [5.74, 6) is 0.938. The van der Waals surface area contributed by atoms with Crippen molar-refractivity contribution in [2.75, 3.05) is 19.8 Å². The number of nitrogens with one attached hydrogen (secondary N) is 2. The second kappa shape index (κ2) is 10.9. The number of benzene rings is 2. The van der Waals surface area contributed by atoms with Crippen LogP contribution in [0.25, 0.3) is 0 Å². The Morgan fingerprint density at radius 2 is 1.94 bits per heavy atom. The highest BCUT2D eigenvalue weighted by atomic mass is 16.5. The molecule has 31 heavy (non-hydrogen) atoms. The SMILES string of the molecule is CCCNNC(=O)[C@@]1(Cc2ccccc2)N=C(c2ccc(OCCCO)cc2)O[C@H]1C. The summed E-state index contributed by atoms with van der Waals surface area (Å²) in [7, 11) is 0. The molecule has 3 N–H and O–H groups in total. The van der Waals surface area contributed by atoms with E-state index < -0.39 is 11.6 Å². The van der Waals surface area contributed by atoms with Crippen molar-refractivity contribution in [1.82, 2.24) is 10.9 Å². The topological polar surface area (TPSA) is 92.2 Å². The van der Waals surface area contributed by atoms with Gasteiger partial charge in [-0.3, -0.25) is 10.2 Å². The number of hydrogen-bond donors (Lipinski definition) is 3. The van der Waals surface area contributed by atoms with Crippen molar-refractivity contribution in [3.8, 4) is 5.75 Å². The molecular weight excluding hydrogens is 394 g/mol. The molecule has 1 amide bonds. The molecule has 0 aliphatic carbocycles. The number of amides is 1. The molecule has 1 aliphatic rings. The van der Waals surface area contributed by atoms with Crippen LogP contribution in [0.15, 0.2) is 59.6 Å². The molecule has 0 radical (unpaired) electrons. The zero-order valence-electron chi connectivity index (χ0n) is 18.1. The van der Waals surface area contributed by atoms with Gasteiger partial charge in [-0.15, -0.1) is 0 Å². The Morgan fingerprint density at radius 3 is 2.61 bits per heavy atom. The maximum atomic E-state index is 13.2. The number of carbonyl (C=O) groups is 1. The van der Waals surface area contributed by atoms with Crippen LogP contribution in [-0.2, 0) is 16.0 Å². The Bertz CT molecular complexity index is 870. The first-order valence-electron chi connectivity index (χ1n) is 10.8. The summed E-state index contributed by atoms with van der Waals surface area (Å²) in [6.45, 7) is 5.14. The second-order valence-electron chi connectivity index (χ2n) is 7.59. The van der Waals surface area contributed by atoms with E-state index in [-0.39, 0.29) is 12.5 Å². The van der Waals surface area contributed by atoms with Gasteiger partial charge in [-0.2, -0.15) is 0 Å². The lowest BCUT2D eigenvalue weighted by Crippen LogP contribution is -2.56. The van der Waals surface area contributed by atoms with Gasteiger partial charge < -0.3 is 14.6 Å². The van der Waals surface area contributed by atoms with Crippen LogP contribution in [0, 0.1) is 0 Å². The van der Waals surface area contributed by atoms with Crippen molar-refractivity contribution in [3.05, 3.63) is 65.7 Å². The molecule has 0 unspecified atom stereocenters. The Morgan fingerprint density at radius 1 is 1.19 bits per heavy atom. The fourth-order valence-corrected chi connectivity index (χ4v) is 3.43. The number of aliphatic imine (C=N–C) groups is 1. The summed E-state index contributed by atoms with van der Waals surface area (Å²) in [5, 5.41) is 8.88. The monoisotopic (exact) mass is 425 g/mol. The van der Waals surface area contributed by atoms with Crippen LogP contribution in [0.2, 0.25) is 0 Å². The minimum atomic E-state index is -1.08. The summed E-state index contributed by atoms with van der Waals surface area (Å²) < 4.78 is 11.7. The van der Waals surface area contributed by atoms with Crippen LogP contribution in [0.4, 0.5) is 0 Å². The number of carbonyl (C=O) groups excluding carboxylic acids is 1. The normalized spacial score (nSPS) is 20.1. The van der Waals surface area contributed by atoms with E-state index in [2.05, 4.69) is 10.9 Å². The van der Waals surface area contributed by atoms with E-state index >= 15 is 0 Å². The Balaban J connectivity index is 1.85. The highest BCUT2D eigenvalue weighted by molar-refractivity contribution is 6.00. The third-order valence-electron chi connectivity index (χ3n) is 5.22. The van der Waals surface area contributed by atoms with Gasteiger partial charge >= 0.3 is 0 Å². The van der Waals surface area contributed by atoms with Gasteiger partial charge in [0.25, 0.3) is 5.91 Å². The van der Waals surface area contributed by atoms with Crippen LogP contribution >= 0.6 is 0 Å². The van der Waals surface area contributed by atoms with E-state index in [1.807, 2.05) is 68.4 Å². The molecule has 166 valence electrons. The van der Waals surface area contributed by atoms with Crippen LogP contribution in [-0.4, -0.2) is 48.3 Å². The smallest absolute Gasteiger partial charge is 0.266 e. The average Bonchev–Trinajstić information content (AvgIpc) is 3.12. The molecule has 0 spiro atoms. The van der Waals surface area contributed by atoms with Crippen LogP contribution in [0.3, 0.4) is 0 Å². The zero-order valence-corrected chi connectivity index (χ0v) is 18.1.